The number of aliphatic hydroxyl groups is 1. The molecule has 2 N–H and O–H groups in total. The highest BCUT2D eigenvalue weighted by Gasteiger charge is 2.32. The summed E-state index contributed by atoms with van der Waals surface area (Å²) >= 11 is 0. The second-order valence-corrected chi connectivity index (χ2v) is 4.43. The molecular formula is C14H15F3N2O2. The number of nitrogens with one attached hydrogen (secondary N) is 1. The van der Waals surface area contributed by atoms with Gasteiger partial charge in [0, 0.05) is 18.9 Å². The van der Waals surface area contributed by atoms with E-state index in [0.29, 0.717) is 23.5 Å². The Bertz CT molecular complexity index is 609. The van der Waals surface area contributed by atoms with E-state index in [1.165, 1.54) is 12.1 Å². The molecule has 21 heavy (non-hydrogen) atoms. The fraction of sp³-hybridized carbons (Fsp3) is 0.286. The van der Waals surface area contributed by atoms with Crippen LogP contribution in [-0.2, 0) is 0 Å². The Morgan fingerprint density at radius 2 is 2.05 bits per heavy atom. The standard InChI is InChI=1S/C14H15F3N2O2/c1-10-3-2-4-12(21-14(15,16)17)13(10)19-7-5-11(9-19)18-6-8-20/h2-5,7,9,18,20H,6,8H2,1H3. The number of hydrogen-bond acceptors (Lipinski definition) is 3. The number of rotatable bonds is 5. The summed E-state index contributed by atoms with van der Waals surface area (Å²) in [5, 5.41) is 11.7. The van der Waals surface area contributed by atoms with Gasteiger partial charge >= 0.3 is 6.36 Å². The Morgan fingerprint density at radius 3 is 2.71 bits per heavy atom. The molecule has 0 saturated carbocycles. The zero-order valence-corrected chi connectivity index (χ0v) is 11.3. The monoisotopic (exact) mass is 300 g/mol. The van der Waals surface area contributed by atoms with Crippen molar-refractivity contribution in [2.75, 3.05) is 18.5 Å². The summed E-state index contributed by atoms with van der Waals surface area (Å²) in [6.07, 6.45) is -1.47. The second-order valence-electron chi connectivity index (χ2n) is 4.43. The van der Waals surface area contributed by atoms with E-state index in [1.54, 1.807) is 36.0 Å². The topological polar surface area (TPSA) is 46.4 Å². The molecule has 0 amide bonds. The first-order valence-electron chi connectivity index (χ1n) is 6.29. The number of aryl methyl sites for hydroxylation is 1. The van der Waals surface area contributed by atoms with Gasteiger partial charge < -0.3 is 19.7 Å². The maximum atomic E-state index is 12.5. The van der Waals surface area contributed by atoms with Crippen molar-refractivity contribution < 1.29 is 23.0 Å². The maximum absolute atomic E-state index is 12.5. The van der Waals surface area contributed by atoms with Gasteiger partial charge in [-0.3, -0.25) is 0 Å². The molecule has 0 spiro atoms. The fourth-order valence-corrected chi connectivity index (χ4v) is 2.01. The average Bonchev–Trinajstić information content (AvgIpc) is 2.83. The summed E-state index contributed by atoms with van der Waals surface area (Å²) in [5.41, 5.74) is 1.68. The fourth-order valence-electron chi connectivity index (χ4n) is 2.01. The van der Waals surface area contributed by atoms with Crippen molar-refractivity contribution in [3.05, 3.63) is 42.2 Å². The highest BCUT2D eigenvalue weighted by molar-refractivity contribution is 5.55. The molecule has 1 heterocycles. The minimum absolute atomic E-state index is 0.0298. The SMILES string of the molecule is Cc1cccc(OC(F)(F)F)c1-n1ccc(NCCO)c1. The molecule has 114 valence electrons. The van der Waals surface area contributed by atoms with Crippen LogP contribution in [0.4, 0.5) is 18.9 Å². The molecule has 0 aliphatic heterocycles. The van der Waals surface area contributed by atoms with Crippen molar-refractivity contribution in [3.8, 4) is 11.4 Å². The Morgan fingerprint density at radius 1 is 1.29 bits per heavy atom. The zero-order chi connectivity index (χ0) is 15.5. The molecule has 2 aromatic rings. The third-order valence-corrected chi connectivity index (χ3v) is 2.82. The number of anilines is 1. The molecule has 1 aromatic heterocycles. The molecule has 4 nitrogen and oxygen atoms in total. The number of benzene rings is 1. The highest BCUT2D eigenvalue weighted by atomic mass is 19.4. The number of alkyl halides is 3. The molecule has 7 heteroatoms. The Hall–Kier alpha value is -2.15. The van der Waals surface area contributed by atoms with Crippen LogP contribution < -0.4 is 10.1 Å². The lowest BCUT2D eigenvalue weighted by Gasteiger charge is -2.16. The van der Waals surface area contributed by atoms with E-state index in [1.807, 2.05) is 0 Å². The van der Waals surface area contributed by atoms with Gasteiger partial charge in [0.1, 0.15) is 0 Å². The van der Waals surface area contributed by atoms with Crippen molar-refractivity contribution in [3.63, 3.8) is 0 Å². The Balaban J connectivity index is 2.36. The summed E-state index contributed by atoms with van der Waals surface area (Å²) in [7, 11) is 0. The lowest BCUT2D eigenvalue weighted by molar-refractivity contribution is -0.274. The third kappa shape index (κ3) is 3.91. The molecular weight excluding hydrogens is 285 g/mol. The van der Waals surface area contributed by atoms with E-state index >= 15 is 0 Å². The van der Waals surface area contributed by atoms with E-state index in [-0.39, 0.29) is 12.4 Å². The molecule has 0 aliphatic carbocycles. The first-order chi connectivity index (χ1) is 9.90. The maximum Gasteiger partial charge on any atom is 0.573 e. The summed E-state index contributed by atoms with van der Waals surface area (Å²) in [6.45, 7) is 2.04. The van der Waals surface area contributed by atoms with Crippen LogP contribution in [0.5, 0.6) is 5.75 Å². The number of para-hydroxylation sites is 1. The van der Waals surface area contributed by atoms with E-state index in [9.17, 15) is 13.2 Å². The van der Waals surface area contributed by atoms with Crippen LogP contribution in [0.3, 0.4) is 0 Å². The minimum Gasteiger partial charge on any atom is -0.404 e. The largest absolute Gasteiger partial charge is 0.573 e. The number of aliphatic hydroxyl groups excluding tert-OH is 1. The van der Waals surface area contributed by atoms with Crippen LogP contribution >= 0.6 is 0 Å². The molecule has 0 fully saturated rings. The van der Waals surface area contributed by atoms with E-state index in [2.05, 4.69) is 10.1 Å². The van der Waals surface area contributed by atoms with Crippen LogP contribution in [0, 0.1) is 6.92 Å². The normalized spacial score (nSPS) is 11.5. The first-order valence-corrected chi connectivity index (χ1v) is 6.29. The van der Waals surface area contributed by atoms with Gasteiger partial charge in [-0.05, 0) is 24.6 Å². The predicted molar refractivity (Wildman–Crippen MR) is 72.8 cm³/mol. The molecule has 2 rings (SSSR count). The van der Waals surface area contributed by atoms with Gasteiger partial charge in [0.15, 0.2) is 5.75 Å². The van der Waals surface area contributed by atoms with Crippen molar-refractivity contribution in [1.29, 1.82) is 0 Å². The minimum atomic E-state index is -4.74. The third-order valence-electron chi connectivity index (χ3n) is 2.82. The van der Waals surface area contributed by atoms with Gasteiger partial charge in [-0.2, -0.15) is 0 Å². The molecule has 0 saturated heterocycles. The van der Waals surface area contributed by atoms with E-state index in [4.69, 9.17) is 5.11 Å². The van der Waals surface area contributed by atoms with E-state index in [0.717, 1.165) is 0 Å². The van der Waals surface area contributed by atoms with Gasteiger partial charge in [-0.25, -0.2) is 0 Å². The summed E-state index contributed by atoms with van der Waals surface area (Å²) in [5.74, 6) is -0.258. The zero-order valence-electron chi connectivity index (χ0n) is 11.3. The van der Waals surface area contributed by atoms with Gasteiger partial charge in [-0.15, -0.1) is 13.2 Å². The average molecular weight is 300 g/mol. The van der Waals surface area contributed by atoms with Crippen LogP contribution in [0.1, 0.15) is 5.56 Å². The molecule has 0 radical (unpaired) electrons. The summed E-state index contributed by atoms with van der Waals surface area (Å²) in [4.78, 5) is 0. The number of ether oxygens (including phenoxy) is 1. The second kappa shape index (κ2) is 6.09. The molecule has 0 unspecified atom stereocenters. The van der Waals surface area contributed by atoms with Crippen molar-refractivity contribution in [1.82, 2.24) is 4.57 Å². The number of halogens is 3. The number of nitrogens with zero attached hydrogens (tertiary/aromatic N) is 1. The lowest BCUT2D eigenvalue weighted by atomic mass is 10.2. The molecule has 0 aliphatic rings. The van der Waals surface area contributed by atoms with Crippen molar-refractivity contribution in [2.24, 2.45) is 0 Å². The first kappa shape index (κ1) is 15.2. The lowest BCUT2D eigenvalue weighted by Crippen LogP contribution is -2.18. The summed E-state index contributed by atoms with van der Waals surface area (Å²) in [6, 6.07) is 6.20. The summed E-state index contributed by atoms with van der Waals surface area (Å²) < 4.78 is 43.0. The number of aromatic nitrogens is 1. The van der Waals surface area contributed by atoms with Crippen LogP contribution in [0.25, 0.3) is 5.69 Å². The Kier molecular flexibility index (Phi) is 4.42. The van der Waals surface area contributed by atoms with Crippen LogP contribution in [0.15, 0.2) is 36.7 Å². The van der Waals surface area contributed by atoms with Gasteiger partial charge in [0.05, 0.1) is 18.0 Å². The van der Waals surface area contributed by atoms with Gasteiger partial charge in [-0.1, -0.05) is 12.1 Å². The predicted octanol–water partition coefficient (Wildman–Crippen LogP) is 3.09. The highest BCUT2D eigenvalue weighted by Crippen LogP contribution is 2.32. The molecule has 0 bridgehead atoms. The Labute approximate surface area is 119 Å². The van der Waals surface area contributed by atoms with Crippen LogP contribution in [-0.4, -0.2) is 29.2 Å². The number of hydrogen-bond donors (Lipinski definition) is 2. The van der Waals surface area contributed by atoms with Crippen molar-refractivity contribution in [2.45, 2.75) is 13.3 Å². The molecule has 1 aromatic carbocycles. The van der Waals surface area contributed by atoms with Gasteiger partial charge in [0.2, 0.25) is 0 Å². The van der Waals surface area contributed by atoms with E-state index < -0.39 is 6.36 Å². The molecule has 0 atom stereocenters. The quantitative estimate of drug-likeness (QED) is 0.892. The van der Waals surface area contributed by atoms with Crippen molar-refractivity contribution >= 4 is 5.69 Å². The van der Waals surface area contributed by atoms with Gasteiger partial charge in [0.25, 0.3) is 0 Å². The van der Waals surface area contributed by atoms with Crippen LogP contribution in [0.2, 0.25) is 0 Å². The smallest absolute Gasteiger partial charge is 0.404 e.